The third kappa shape index (κ3) is 3.98. The van der Waals surface area contributed by atoms with Gasteiger partial charge >= 0.3 is 0 Å². The van der Waals surface area contributed by atoms with E-state index in [2.05, 4.69) is 40.9 Å². The van der Waals surface area contributed by atoms with Crippen molar-refractivity contribution in [2.45, 2.75) is 20.3 Å². The number of fused-ring (bicyclic) bond motifs is 2. The molecule has 0 unspecified atom stereocenters. The number of carbonyl (C=O) groups excluding carboxylic acids is 2. The van der Waals surface area contributed by atoms with Crippen LogP contribution in [0.4, 0.5) is 5.69 Å². The van der Waals surface area contributed by atoms with E-state index in [1.807, 2.05) is 56.3 Å². The normalized spacial score (nSPS) is 16.2. The van der Waals surface area contributed by atoms with Gasteiger partial charge in [0.2, 0.25) is 11.8 Å². The zero-order chi connectivity index (χ0) is 22.9. The van der Waals surface area contributed by atoms with Gasteiger partial charge in [0, 0.05) is 24.2 Å². The van der Waals surface area contributed by atoms with Crippen LogP contribution in [0.15, 0.2) is 77.9 Å². The summed E-state index contributed by atoms with van der Waals surface area (Å²) < 4.78 is 0. The van der Waals surface area contributed by atoms with E-state index in [9.17, 15) is 9.59 Å². The van der Waals surface area contributed by atoms with Gasteiger partial charge in [0.25, 0.3) is 0 Å². The molecule has 164 valence electrons. The highest BCUT2D eigenvalue weighted by Gasteiger charge is 2.35. The first-order valence-corrected chi connectivity index (χ1v) is 11.1. The van der Waals surface area contributed by atoms with E-state index in [0.29, 0.717) is 6.54 Å². The third-order valence-corrected chi connectivity index (χ3v) is 6.48. The van der Waals surface area contributed by atoms with Crippen molar-refractivity contribution in [1.29, 1.82) is 0 Å². The zero-order valence-corrected chi connectivity index (χ0v) is 18.7. The molecule has 4 aromatic carbocycles. The Bertz CT molecular complexity index is 1370. The van der Waals surface area contributed by atoms with E-state index < -0.39 is 5.92 Å². The fourth-order valence-electron chi connectivity index (χ4n) is 4.47. The van der Waals surface area contributed by atoms with Crippen LogP contribution in [0.1, 0.15) is 23.1 Å². The van der Waals surface area contributed by atoms with Gasteiger partial charge in [0.15, 0.2) is 0 Å². The Labute approximate surface area is 192 Å². The van der Waals surface area contributed by atoms with Crippen LogP contribution >= 0.6 is 0 Å². The van der Waals surface area contributed by atoms with Gasteiger partial charge in [-0.3, -0.25) is 9.59 Å². The maximum atomic E-state index is 12.8. The molecule has 5 rings (SSSR count). The summed E-state index contributed by atoms with van der Waals surface area (Å²) in [5.74, 6) is -0.710. The van der Waals surface area contributed by atoms with Crippen LogP contribution in [-0.4, -0.2) is 24.6 Å². The molecule has 5 heteroatoms. The molecule has 0 radical (unpaired) electrons. The van der Waals surface area contributed by atoms with Crippen molar-refractivity contribution in [3.8, 4) is 0 Å². The van der Waals surface area contributed by atoms with E-state index in [0.717, 1.165) is 38.4 Å². The van der Waals surface area contributed by atoms with Gasteiger partial charge in [-0.25, -0.2) is 5.43 Å². The quantitative estimate of drug-likeness (QED) is 0.275. The van der Waals surface area contributed by atoms with Gasteiger partial charge in [-0.2, -0.15) is 5.10 Å². The molecular formula is C28H25N3O2. The predicted molar refractivity (Wildman–Crippen MR) is 134 cm³/mol. The molecule has 0 aromatic heterocycles. The molecule has 5 nitrogen and oxygen atoms in total. The van der Waals surface area contributed by atoms with E-state index in [4.69, 9.17) is 0 Å². The third-order valence-electron chi connectivity index (χ3n) is 6.48. The van der Waals surface area contributed by atoms with Gasteiger partial charge in [-0.1, -0.05) is 54.6 Å². The molecule has 0 spiro atoms. The predicted octanol–water partition coefficient (Wildman–Crippen LogP) is 5.11. The minimum Gasteiger partial charge on any atom is -0.312 e. The fraction of sp³-hybridized carbons (Fsp3) is 0.179. The van der Waals surface area contributed by atoms with E-state index in [-0.39, 0.29) is 18.2 Å². The van der Waals surface area contributed by atoms with Crippen LogP contribution in [0.2, 0.25) is 0 Å². The van der Waals surface area contributed by atoms with Gasteiger partial charge in [-0.15, -0.1) is 0 Å². The molecule has 1 aliphatic heterocycles. The maximum absolute atomic E-state index is 12.8. The monoisotopic (exact) mass is 435 g/mol. The summed E-state index contributed by atoms with van der Waals surface area (Å²) in [5.41, 5.74) is 6.77. The van der Waals surface area contributed by atoms with Gasteiger partial charge < -0.3 is 4.90 Å². The molecule has 33 heavy (non-hydrogen) atoms. The molecule has 1 fully saturated rings. The van der Waals surface area contributed by atoms with Crippen molar-refractivity contribution in [3.63, 3.8) is 0 Å². The van der Waals surface area contributed by atoms with Crippen LogP contribution < -0.4 is 10.3 Å². The van der Waals surface area contributed by atoms with Crippen molar-refractivity contribution < 1.29 is 9.59 Å². The Morgan fingerprint density at radius 1 is 0.939 bits per heavy atom. The van der Waals surface area contributed by atoms with Gasteiger partial charge in [0.1, 0.15) is 0 Å². The molecule has 1 atom stereocenters. The van der Waals surface area contributed by atoms with Crippen LogP contribution in [-0.2, 0) is 9.59 Å². The van der Waals surface area contributed by atoms with Crippen LogP contribution in [0.3, 0.4) is 0 Å². The van der Waals surface area contributed by atoms with E-state index in [1.165, 1.54) is 5.56 Å². The molecule has 0 bridgehead atoms. The number of benzene rings is 4. The number of hydrazone groups is 1. The Balaban J connectivity index is 1.35. The van der Waals surface area contributed by atoms with Gasteiger partial charge in [-0.05, 0) is 64.7 Å². The second kappa shape index (κ2) is 8.51. The summed E-state index contributed by atoms with van der Waals surface area (Å²) in [6, 6.07) is 24.4. The molecule has 1 N–H and O–H groups in total. The summed E-state index contributed by atoms with van der Waals surface area (Å²) in [5, 5.41) is 8.67. The standard InChI is InChI=1S/C28H25N3O2/c1-18-11-12-23(13-19(18)2)31-17-22(15-27(31)32)28(33)30-29-16-26-24-9-5-3-7-20(24)14-21-8-4-6-10-25(21)26/h3-14,16,22H,15,17H2,1-2H3,(H,30,33)/b29-16-/t22-/m1/s1. The van der Waals surface area contributed by atoms with Crippen molar-refractivity contribution in [1.82, 2.24) is 5.43 Å². The molecule has 0 aliphatic carbocycles. The SMILES string of the molecule is Cc1ccc(N2C[C@H](C(=O)N/N=C\c3c4ccccc4cc4ccccc34)CC2=O)cc1C. The van der Waals surface area contributed by atoms with Crippen LogP contribution in [0.25, 0.3) is 21.5 Å². The summed E-state index contributed by atoms with van der Waals surface area (Å²) in [6.07, 6.45) is 1.89. The number of nitrogens with zero attached hydrogens (tertiary/aromatic N) is 2. The largest absolute Gasteiger partial charge is 0.312 e. The minimum atomic E-state index is -0.430. The first kappa shape index (κ1) is 20.9. The van der Waals surface area contributed by atoms with E-state index in [1.54, 1.807) is 11.1 Å². The number of hydrogen-bond acceptors (Lipinski definition) is 3. The van der Waals surface area contributed by atoms with Crippen molar-refractivity contribution in [2.24, 2.45) is 11.0 Å². The van der Waals surface area contributed by atoms with Crippen LogP contribution in [0, 0.1) is 19.8 Å². The lowest BCUT2D eigenvalue weighted by Crippen LogP contribution is -2.30. The van der Waals surface area contributed by atoms with Crippen molar-refractivity contribution in [2.75, 3.05) is 11.4 Å². The highest BCUT2D eigenvalue weighted by atomic mass is 16.2. The van der Waals surface area contributed by atoms with Crippen LogP contribution in [0.5, 0.6) is 0 Å². The average Bonchev–Trinajstić information content (AvgIpc) is 3.22. The number of carbonyl (C=O) groups is 2. The lowest BCUT2D eigenvalue weighted by Gasteiger charge is -2.17. The summed E-state index contributed by atoms with van der Waals surface area (Å²) in [6.45, 7) is 4.42. The summed E-state index contributed by atoms with van der Waals surface area (Å²) >= 11 is 0. The number of anilines is 1. The summed E-state index contributed by atoms with van der Waals surface area (Å²) in [7, 11) is 0. The fourth-order valence-corrected chi connectivity index (χ4v) is 4.47. The Morgan fingerprint density at radius 3 is 2.27 bits per heavy atom. The molecule has 1 heterocycles. The average molecular weight is 436 g/mol. The molecule has 4 aromatic rings. The lowest BCUT2D eigenvalue weighted by molar-refractivity contribution is -0.126. The van der Waals surface area contributed by atoms with E-state index >= 15 is 0 Å². The number of amides is 2. The first-order chi connectivity index (χ1) is 16.0. The second-order valence-corrected chi connectivity index (χ2v) is 8.64. The molecule has 1 saturated heterocycles. The minimum absolute atomic E-state index is 0.0394. The second-order valence-electron chi connectivity index (χ2n) is 8.64. The van der Waals surface area contributed by atoms with Crippen molar-refractivity contribution >= 4 is 45.3 Å². The number of hydrogen-bond donors (Lipinski definition) is 1. The smallest absolute Gasteiger partial charge is 0.245 e. The Hall–Kier alpha value is -3.99. The topological polar surface area (TPSA) is 61.8 Å². The molecular weight excluding hydrogens is 410 g/mol. The Kier molecular flexibility index (Phi) is 5.38. The Morgan fingerprint density at radius 2 is 1.61 bits per heavy atom. The number of rotatable bonds is 4. The molecule has 1 aliphatic rings. The zero-order valence-electron chi connectivity index (χ0n) is 18.7. The number of aryl methyl sites for hydroxylation is 2. The highest BCUT2D eigenvalue weighted by molar-refractivity contribution is 6.13. The maximum Gasteiger partial charge on any atom is 0.245 e. The molecule has 2 amide bonds. The van der Waals surface area contributed by atoms with Gasteiger partial charge in [0.05, 0.1) is 12.1 Å². The van der Waals surface area contributed by atoms with Crippen molar-refractivity contribution in [3.05, 3.63) is 89.5 Å². The molecule has 0 saturated carbocycles. The first-order valence-electron chi connectivity index (χ1n) is 11.1. The summed E-state index contributed by atoms with van der Waals surface area (Å²) in [4.78, 5) is 27.1. The lowest BCUT2D eigenvalue weighted by atomic mass is 9.97. The number of nitrogens with one attached hydrogen (secondary N) is 1. The highest BCUT2D eigenvalue weighted by Crippen LogP contribution is 2.28.